The Hall–Kier alpha value is -6.42. The van der Waals surface area contributed by atoms with E-state index >= 15 is 0 Å². The standard InChI is InChI=1S/C47H30N4OS/c1-2-13-30(14-3-1)45-48-46(34-19-10-15-29-27-28-42(34)53-41-26-9-6-16-31(29)41)50-47(49-45)36-21-11-20-35-43-39(24-12-25-40(43)52-44(35)36)51-37-22-7-4-17-32(37)33-18-5-8-23-38(33)51/h1-5,7-15,17-26,29,42H,6,16H2/b15-10-,34-19?. The molecular formula is C47H30N4OS. The zero-order chi connectivity index (χ0) is 34.9. The van der Waals surface area contributed by atoms with E-state index < -0.39 is 0 Å². The molecule has 2 bridgehead atoms. The third kappa shape index (κ3) is 4.85. The van der Waals surface area contributed by atoms with Crippen molar-refractivity contribution in [2.45, 2.75) is 18.1 Å². The summed E-state index contributed by atoms with van der Waals surface area (Å²) in [6.07, 6.45) is 13.1. The predicted molar refractivity (Wildman–Crippen MR) is 217 cm³/mol. The van der Waals surface area contributed by atoms with Crippen molar-refractivity contribution in [2.75, 3.05) is 0 Å². The van der Waals surface area contributed by atoms with Crippen LogP contribution in [0.3, 0.4) is 0 Å². The second-order valence-corrected chi connectivity index (χ2v) is 14.7. The van der Waals surface area contributed by atoms with E-state index in [1.165, 1.54) is 21.3 Å². The molecular weight excluding hydrogens is 669 g/mol. The molecule has 0 saturated heterocycles. The van der Waals surface area contributed by atoms with Crippen molar-refractivity contribution < 1.29 is 4.42 Å². The minimum Gasteiger partial charge on any atom is -0.455 e. The highest BCUT2D eigenvalue weighted by atomic mass is 32.2. The van der Waals surface area contributed by atoms with Crippen molar-refractivity contribution in [3.63, 3.8) is 0 Å². The number of rotatable bonds is 4. The lowest BCUT2D eigenvalue weighted by molar-refractivity contribution is 0.669. The molecule has 2 unspecified atom stereocenters. The van der Waals surface area contributed by atoms with Crippen LogP contribution in [0.25, 0.3) is 77.8 Å². The average molecular weight is 699 g/mol. The molecule has 3 aliphatic rings. The SMILES string of the molecule is C1#CC2SC3=C(CCC=C3)C1/C=C\C=C2c1nc(-c2ccccc2)nc(-c2cccc3c2oc2cccc(-n4c5ccccc5c5ccccc54)c23)n1. The number of nitrogens with zero attached hydrogens (tertiary/aromatic N) is 4. The molecule has 250 valence electrons. The van der Waals surface area contributed by atoms with Crippen LogP contribution in [-0.4, -0.2) is 24.8 Å². The van der Waals surface area contributed by atoms with Crippen LogP contribution in [0.2, 0.25) is 0 Å². The summed E-state index contributed by atoms with van der Waals surface area (Å²) in [5.41, 5.74) is 9.04. The zero-order valence-corrected chi connectivity index (χ0v) is 29.3. The summed E-state index contributed by atoms with van der Waals surface area (Å²) < 4.78 is 9.17. The first-order chi connectivity index (χ1) is 26.3. The molecule has 8 aromatic rings. The van der Waals surface area contributed by atoms with Crippen LogP contribution in [0.5, 0.6) is 0 Å². The molecule has 0 fully saturated rings. The van der Waals surface area contributed by atoms with Gasteiger partial charge in [-0.2, -0.15) is 0 Å². The van der Waals surface area contributed by atoms with Gasteiger partial charge in [-0.05, 0) is 48.7 Å². The van der Waals surface area contributed by atoms with Crippen molar-refractivity contribution >= 4 is 61.1 Å². The number of furan rings is 1. The summed E-state index contributed by atoms with van der Waals surface area (Å²) in [6, 6.07) is 39.9. The zero-order valence-electron chi connectivity index (χ0n) is 28.5. The predicted octanol–water partition coefficient (Wildman–Crippen LogP) is 11.5. The maximum Gasteiger partial charge on any atom is 0.167 e. The summed E-state index contributed by atoms with van der Waals surface area (Å²) in [5, 5.41) is 4.37. The maximum absolute atomic E-state index is 6.81. The molecule has 0 N–H and O–H groups in total. The van der Waals surface area contributed by atoms with Gasteiger partial charge in [-0.15, -0.1) is 11.8 Å². The number of benzene rings is 5. The molecule has 2 atom stereocenters. The van der Waals surface area contributed by atoms with E-state index in [0.717, 1.165) is 68.2 Å². The van der Waals surface area contributed by atoms with Gasteiger partial charge < -0.3 is 8.98 Å². The third-order valence-corrected chi connectivity index (χ3v) is 11.8. The molecule has 3 aromatic heterocycles. The van der Waals surface area contributed by atoms with Crippen LogP contribution in [0.4, 0.5) is 0 Å². The van der Waals surface area contributed by atoms with Gasteiger partial charge >= 0.3 is 0 Å². The molecule has 1 aliphatic heterocycles. The Balaban J connectivity index is 1.12. The Morgan fingerprint density at radius 3 is 2.28 bits per heavy atom. The van der Waals surface area contributed by atoms with Crippen LogP contribution >= 0.6 is 11.8 Å². The summed E-state index contributed by atoms with van der Waals surface area (Å²) in [6.45, 7) is 0. The lowest BCUT2D eigenvalue weighted by Crippen LogP contribution is -2.10. The third-order valence-electron chi connectivity index (χ3n) is 10.5. The summed E-state index contributed by atoms with van der Waals surface area (Å²) in [5.74, 6) is 9.09. The van der Waals surface area contributed by atoms with Gasteiger partial charge in [-0.1, -0.05) is 127 Å². The average Bonchev–Trinajstić information content (AvgIpc) is 3.71. The van der Waals surface area contributed by atoms with E-state index in [-0.39, 0.29) is 11.2 Å². The van der Waals surface area contributed by atoms with Crippen molar-refractivity contribution in [1.82, 2.24) is 19.5 Å². The smallest absolute Gasteiger partial charge is 0.167 e. The maximum atomic E-state index is 6.81. The molecule has 0 amide bonds. The van der Waals surface area contributed by atoms with E-state index in [9.17, 15) is 0 Å². The first-order valence-electron chi connectivity index (χ1n) is 18.0. The fourth-order valence-corrected chi connectivity index (χ4v) is 9.31. The van der Waals surface area contributed by atoms with Crippen molar-refractivity contribution in [2.24, 2.45) is 5.92 Å². The second kappa shape index (κ2) is 12.1. The first-order valence-corrected chi connectivity index (χ1v) is 18.9. The topological polar surface area (TPSA) is 56.7 Å². The summed E-state index contributed by atoms with van der Waals surface area (Å²) in [4.78, 5) is 16.8. The van der Waals surface area contributed by atoms with Crippen LogP contribution in [0.1, 0.15) is 18.7 Å². The van der Waals surface area contributed by atoms with E-state index in [0.29, 0.717) is 17.5 Å². The van der Waals surface area contributed by atoms with Gasteiger partial charge in [-0.25, -0.2) is 15.0 Å². The highest BCUT2D eigenvalue weighted by Crippen LogP contribution is 2.44. The largest absolute Gasteiger partial charge is 0.455 e. The monoisotopic (exact) mass is 698 g/mol. The van der Waals surface area contributed by atoms with E-state index in [4.69, 9.17) is 19.4 Å². The quantitative estimate of drug-likeness (QED) is 0.171. The Morgan fingerprint density at radius 1 is 0.698 bits per heavy atom. The van der Waals surface area contributed by atoms with Crippen LogP contribution in [-0.2, 0) is 0 Å². The fourth-order valence-electron chi connectivity index (χ4n) is 8.06. The number of para-hydroxylation sites is 3. The summed E-state index contributed by atoms with van der Waals surface area (Å²) >= 11 is 1.81. The Morgan fingerprint density at radius 2 is 1.43 bits per heavy atom. The van der Waals surface area contributed by atoms with Gasteiger partial charge in [0.1, 0.15) is 11.2 Å². The van der Waals surface area contributed by atoms with Gasteiger partial charge in [0.25, 0.3) is 0 Å². The van der Waals surface area contributed by atoms with Crippen LogP contribution < -0.4 is 0 Å². The molecule has 5 nitrogen and oxygen atoms in total. The Labute approximate surface area is 310 Å². The number of aromatic nitrogens is 4. The minimum atomic E-state index is -0.118. The molecule has 2 aliphatic carbocycles. The first kappa shape index (κ1) is 30.2. The Kier molecular flexibility index (Phi) is 6.89. The lowest BCUT2D eigenvalue weighted by Gasteiger charge is -2.18. The van der Waals surface area contributed by atoms with Crippen LogP contribution in [0, 0.1) is 17.8 Å². The van der Waals surface area contributed by atoms with Crippen LogP contribution in [0.15, 0.2) is 161 Å². The number of hydrogen-bond donors (Lipinski definition) is 0. The van der Waals surface area contributed by atoms with Gasteiger partial charge in [0, 0.05) is 32.2 Å². The number of allylic oxidation sites excluding steroid dienone is 6. The molecule has 0 radical (unpaired) electrons. The fraction of sp³-hybridized carbons (Fsp3) is 0.0851. The molecule has 6 heteroatoms. The van der Waals surface area contributed by atoms with Gasteiger partial charge in [-0.3, -0.25) is 0 Å². The second-order valence-electron chi connectivity index (χ2n) is 13.6. The molecule has 0 spiro atoms. The molecule has 5 aromatic carbocycles. The van der Waals surface area contributed by atoms with Gasteiger partial charge in [0.2, 0.25) is 0 Å². The van der Waals surface area contributed by atoms with Crippen molar-refractivity contribution in [3.05, 3.63) is 162 Å². The van der Waals surface area contributed by atoms with Gasteiger partial charge in [0.05, 0.1) is 38.8 Å². The molecule has 4 heterocycles. The summed E-state index contributed by atoms with van der Waals surface area (Å²) in [7, 11) is 0. The number of thioether (sulfide) groups is 1. The normalized spacial score (nSPS) is 18.5. The van der Waals surface area contributed by atoms with E-state index in [1.807, 2.05) is 48.2 Å². The highest BCUT2D eigenvalue weighted by molar-refractivity contribution is 8.04. The highest BCUT2D eigenvalue weighted by Gasteiger charge is 2.28. The lowest BCUT2D eigenvalue weighted by atomic mass is 9.91. The van der Waals surface area contributed by atoms with Crippen molar-refractivity contribution in [1.29, 1.82) is 0 Å². The van der Waals surface area contributed by atoms with E-state index in [1.54, 1.807) is 0 Å². The Bertz CT molecular complexity index is 2950. The molecule has 11 rings (SSSR count). The minimum absolute atomic E-state index is 0.118. The number of hydrogen-bond acceptors (Lipinski definition) is 5. The van der Waals surface area contributed by atoms with Crippen molar-refractivity contribution in [3.8, 4) is 40.3 Å². The molecule has 53 heavy (non-hydrogen) atoms. The number of fused-ring (bicyclic) bond motifs is 9. The molecule has 0 saturated carbocycles. The van der Waals surface area contributed by atoms with Gasteiger partial charge in [0.15, 0.2) is 17.5 Å². The van der Waals surface area contributed by atoms with E-state index in [2.05, 4.69) is 126 Å².